The van der Waals surface area contributed by atoms with Crippen molar-refractivity contribution in [2.45, 2.75) is 19.9 Å². The molecule has 17 heavy (non-hydrogen) atoms. The minimum atomic E-state index is 0. The van der Waals surface area contributed by atoms with Gasteiger partial charge in [0, 0.05) is 24.7 Å². The molecule has 1 fully saturated rings. The second-order valence-corrected chi connectivity index (χ2v) is 4.89. The first-order chi connectivity index (χ1) is 7.75. The highest BCUT2D eigenvalue weighted by Crippen LogP contribution is 2.17. The first kappa shape index (κ1) is 14.8. The zero-order chi connectivity index (χ0) is 11.4. The smallest absolute Gasteiger partial charge is 0.0408 e. The van der Waals surface area contributed by atoms with Crippen molar-refractivity contribution in [3.8, 4) is 0 Å². The summed E-state index contributed by atoms with van der Waals surface area (Å²) in [6.07, 6.45) is 1.24. The molecule has 4 heteroatoms. The molecule has 1 aliphatic heterocycles. The van der Waals surface area contributed by atoms with E-state index in [4.69, 9.17) is 11.6 Å². The summed E-state index contributed by atoms with van der Waals surface area (Å²) < 4.78 is 0. The molecule has 1 aromatic carbocycles. The summed E-state index contributed by atoms with van der Waals surface area (Å²) in [6, 6.07) is 6.18. The maximum atomic E-state index is 5.96. The number of rotatable bonds is 2. The number of aryl methyl sites for hydroxylation is 1. The molecular formula is C13H20Cl2N2. The van der Waals surface area contributed by atoms with Gasteiger partial charge in [0.15, 0.2) is 0 Å². The van der Waals surface area contributed by atoms with Gasteiger partial charge < -0.3 is 5.32 Å². The Kier molecular flexibility index (Phi) is 6.28. The van der Waals surface area contributed by atoms with Crippen LogP contribution in [0.5, 0.6) is 0 Å². The zero-order valence-corrected chi connectivity index (χ0v) is 11.8. The summed E-state index contributed by atoms with van der Waals surface area (Å²) >= 11 is 5.96. The third kappa shape index (κ3) is 4.47. The highest BCUT2D eigenvalue weighted by Gasteiger charge is 2.10. The Labute approximate surface area is 115 Å². The molecule has 96 valence electrons. The lowest BCUT2D eigenvalue weighted by molar-refractivity contribution is 0.284. The average molecular weight is 275 g/mol. The molecule has 1 aromatic rings. The molecule has 0 aliphatic carbocycles. The SMILES string of the molecule is Cc1cc(Cl)ccc1CN1CCCNCC1.Cl. The standard InChI is InChI=1S/C13H19ClN2.ClH/c1-11-9-13(14)4-3-12(11)10-16-7-2-5-15-6-8-16;/h3-4,9,15H,2,5-8,10H2,1H3;1H. The van der Waals surface area contributed by atoms with Crippen LogP contribution in [0, 0.1) is 6.92 Å². The van der Waals surface area contributed by atoms with Crippen molar-refractivity contribution in [1.29, 1.82) is 0 Å². The summed E-state index contributed by atoms with van der Waals surface area (Å²) in [5.41, 5.74) is 2.69. The minimum absolute atomic E-state index is 0. The molecule has 2 nitrogen and oxygen atoms in total. The van der Waals surface area contributed by atoms with Gasteiger partial charge in [-0.15, -0.1) is 12.4 Å². The molecule has 2 rings (SSSR count). The van der Waals surface area contributed by atoms with Gasteiger partial charge in [0.1, 0.15) is 0 Å². The lowest BCUT2D eigenvalue weighted by Gasteiger charge is -2.20. The van der Waals surface area contributed by atoms with Crippen LogP contribution < -0.4 is 5.32 Å². The minimum Gasteiger partial charge on any atom is -0.315 e. The highest BCUT2D eigenvalue weighted by molar-refractivity contribution is 6.30. The van der Waals surface area contributed by atoms with Crippen molar-refractivity contribution in [1.82, 2.24) is 10.2 Å². The van der Waals surface area contributed by atoms with Crippen molar-refractivity contribution < 1.29 is 0 Å². The van der Waals surface area contributed by atoms with Crippen molar-refractivity contribution >= 4 is 24.0 Å². The van der Waals surface area contributed by atoms with Crippen LogP contribution in [0.3, 0.4) is 0 Å². The Bertz CT molecular complexity index is 347. The van der Waals surface area contributed by atoms with E-state index < -0.39 is 0 Å². The van der Waals surface area contributed by atoms with Crippen LogP contribution in [0.15, 0.2) is 18.2 Å². The molecule has 1 heterocycles. The van der Waals surface area contributed by atoms with Gasteiger partial charge in [-0.1, -0.05) is 17.7 Å². The Hall–Kier alpha value is -0.280. The lowest BCUT2D eigenvalue weighted by atomic mass is 10.1. The Morgan fingerprint density at radius 3 is 2.88 bits per heavy atom. The van der Waals surface area contributed by atoms with Crippen LogP contribution in [-0.4, -0.2) is 31.1 Å². The van der Waals surface area contributed by atoms with Gasteiger partial charge in [-0.3, -0.25) is 4.90 Å². The van der Waals surface area contributed by atoms with Gasteiger partial charge >= 0.3 is 0 Å². The average Bonchev–Trinajstić information content (AvgIpc) is 2.51. The predicted octanol–water partition coefficient (Wildman–Crippen LogP) is 2.87. The second kappa shape index (κ2) is 7.22. The van der Waals surface area contributed by atoms with E-state index in [9.17, 15) is 0 Å². The van der Waals surface area contributed by atoms with E-state index in [2.05, 4.69) is 23.2 Å². The summed E-state index contributed by atoms with van der Waals surface area (Å²) in [5.74, 6) is 0. The molecule has 0 unspecified atom stereocenters. The van der Waals surface area contributed by atoms with Gasteiger partial charge in [-0.2, -0.15) is 0 Å². The largest absolute Gasteiger partial charge is 0.315 e. The molecule has 0 spiro atoms. The van der Waals surface area contributed by atoms with Crippen LogP contribution in [-0.2, 0) is 6.54 Å². The van der Waals surface area contributed by atoms with Crippen molar-refractivity contribution in [2.24, 2.45) is 0 Å². The van der Waals surface area contributed by atoms with E-state index in [1.54, 1.807) is 0 Å². The maximum absolute atomic E-state index is 5.96. The topological polar surface area (TPSA) is 15.3 Å². The van der Waals surface area contributed by atoms with Crippen LogP contribution in [0.25, 0.3) is 0 Å². The fourth-order valence-corrected chi connectivity index (χ4v) is 2.36. The lowest BCUT2D eigenvalue weighted by Crippen LogP contribution is -2.27. The van der Waals surface area contributed by atoms with Gasteiger partial charge in [0.05, 0.1) is 0 Å². The van der Waals surface area contributed by atoms with E-state index in [1.807, 2.05) is 12.1 Å². The van der Waals surface area contributed by atoms with Crippen LogP contribution in [0.4, 0.5) is 0 Å². The van der Waals surface area contributed by atoms with Crippen LogP contribution in [0.2, 0.25) is 5.02 Å². The fraction of sp³-hybridized carbons (Fsp3) is 0.538. The number of halogens is 2. The normalized spacial score (nSPS) is 17.3. The second-order valence-electron chi connectivity index (χ2n) is 4.45. The monoisotopic (exact) mass is 274 g/mol. The number of hydrogen-bond donors (Lipinski definition) is 1. The summed E-state index contributed by atoms with van der Waals surface area (Å²) in [6.45, 7) is 7.77. The first-order valence-corrected chi connectivity index (χ1v) is 6.31. The third-order valence-corrected chi connectivity index (χ3v) is 3.37. The Morgan fingerprint density at radius 2 is 2.12 bits per heavy atom. The molecule has 0 radical (unpaired) electrons. The molecule has 1 N–H and O–H groups in total. The fourth-order valence-electron chi connectivity index (χ4n) is 2.14. The zero-order valence-electron chi connectivity index (χ0n) is 10.2. The summed E-state index contributed by atoms with van der Waals surface area (Å²) in [7, 11) is 0. The number of benzene rings is 1. The third-order valence-electron chi connectivity index (χ3n) is 3.13. The van der Waals surface area contributed by atoms with Gasteiger partial charge in [-0.25, -0.2) is 0 Å². The number of nitrogens with zero attached hydrogens (tertiary/aromatic N) is 1. The van der Waals surface area contributed by atoms with E-state index in [1.165, 1.54) is 24.1 Å². The first-order valence-electron chi connectivity index (χ1n) is 5.94. The highest BCUT2D eigenvalue weighted by atomic mass is 35.5. The Morgan fingerprint density at radius 1 is 1.29 bits per heavy atom. The van der Waals surface area contributed by atoms with E-state index >= 15 is 0 Å². The van der Waals surface area contributed by atoms with Gasteiger partial charge in [-0.05, 0) is 49.7 Å². The number of nitrogens with one attached hydrogen (secondary N) is 1. The van der Waals surface area contributed by atoms with Gasteiger partial charge in [0.25, 0.3) is 0 Å². The van der Waals surface area contributed by atoms with E-state index in [0.717, 1.165) is 31.2 Å². The molecule has 0 saturated carbocycles. The molecule has 1 saturated heterocycles. The van der Waals surface area contributed by atoms with Crippen molar-refractivity contribution in [3.05, 3.63) is 34.3 Å². The summed E-state index contributed by atoms with van der Waals surface area (Å²) in [4.78, 5) is 2.51. The molecule has 0 amide bonds. The van der Waals surface area contributed by atoms with Crippen LogP contribution >= 0.6 is 24.0 Å². The summed E-state index contributed by atoms with van der Waals surface area (Å²) in [5, 5.41) is 4.26. The van der Waals surface area contributed by atoms with Crippen molar-refractivity contribution in [3.63, 3.8) is 0 Å². The maximum Gasteiger partial charge on any atom is 0.0408 e. The molecular weight excluding hydrogens is 255 g/mol. The quantitative estimate of drug-likeness (QED) is 0.892. The Balaban J connectivity index is 0.00000144. The van der Waals surface area contributed by atoms with E-state index in [0.29, 0.717) is 0 Å². The number of hydrogen-bond acceptors (Lipinski definition) is 2. The molecule has 0 bridgehead atoms. The van der Waals surface area contributed by atoms with Crippen LogP contribution in [0.1, 0.15) is 17.5 Å². The molecule has 0 aromatic heterocycles. The predicted molar refractivity (Wildman–Crippen MR) is 76.2 cm³/mol. The molecule has 0 atom stereocenters. The van der Waals surface area contributed by atoms with Gasteiger partial charge in [0.2, 0.25) is 0 Å². The molecule has 1 aliphatic rings. The van der Waals surface area contributed by atoms with E-state index in [-0.39, 0.29) is 12.4 Å². The van der Waals surface area contributed by atoms with Crippen molar-refractivity contribution in [2.75, 3.05) is 26.2 Å².